The van der Waals surface area contributed by atoms with Gasteiger partial charge in [-0.05, 0) is 66.4 Å². The number of benzene rings is 4. The van der Waals surface area contributed by atoms with Crippen molar-refractivity contribution in [1.29, 1.82) is 0 Å². The highest BCUT2D eigenvalue weighted by Crippen LogP contribution is 2.33. The van der Waals surface area contributed by atoms with Crippen molar-refractivity contribution in [1.82, 2.24) is 10.2 Å². The second-order valence-corrected chi connectivity index (χ2v) is 14.5. The molecule has 0 heterocycles. The van der Waals surface area contributed by atoms with E-state index in [4.69, 9.17) is 27.9 Å². The Kier molecular flexibility index (Phi) is 12.0. The fourth-order valence-electron chi connectivity index (χ4n) is 5.98. The number of halogens is 2. The highest BCUT2D eigenvalue weighted by molar-refractivity contribution is 7.92. The van der Waals surface area contributed by atoms with E-state index < -0.39 is 28.5 Å². The number of amides is 2. The SMILES string of the molecule is COc1cccc(CN(C(=O)CN(c2ccc(Cl)cc2Cl)S(=O)(=O)c2ccccc2)[C@H](Cc2ccccc2)C(=O)NC2CCCCC2)c1. The first kappa shape index (κ1) is 35.3. The Morgan fingerprint density at radius 1 is 0.854 bits per heavy atom. The first-order chi connectivity index (χ1) is 23.2. The van der Waals surface area contributed by atoms with Gasteiger partial charge >= 0.3 is 0 Å². The lowest BCUT2D eigenvalue weighted by atomic mass is 9.94. The minimum atomic E-state index is -4.29. The molecule has 0 unspecified atom stereocenters. The second kappa shape index (κ2) is 16.4. The first-order valence-corrected chi connectivity index (χ1v) is 18.1. The van der Waals surface area contributed by atoms with Gasteiger partial charge in [-0.2, -0.15) is 0 Å². The topological polar surface area (TPSA) is 96.0 Å². The Morgan fingerprint density at radius 2 is 1.52 bits per heavy atom. The lowest BCUT2D eigenvalue weighted by Gasteiger charge is -2.35. The van der Waals surface area contributed by atoms with Crippen LogP contribution in [0.4, 0.5) is 5.69 Å². The van der Waals surface area contributed by atoms with E-state index in [2.05, 4.69) is 5.32 Å². The molecule has 8 nitrogen and oxygen atoms in total. The molecule has 2 amide bonds. The molecule has 0 bridgehead atoms. The zero-order valence-electron chi connectivity index (χ0n) is 26.7. The zero-order valence-corrected chi connectivity index (χ0v) is 29.1. The molecular weight excluding hydrogens is 669 g/mol. The number of rotatable bonds is 13. The van der Waals surface area contributed by atoms with Gasteiger partial charge in [0.1, 0.15) is 18.3 Å². The van der Waals surface area contributed by atoms with Crippen molar-refractivity contribution in [3.8, 4) is 5.75 Å². The van der Waals surface area contributed by atoms with Crippen LogP contribution in [0.2, 0.25) is 10.0 Å². The summed E-state index contributed by atoms with van der Waals surface area (Å²) in [4.78, 5) is 30.4. The summed E-state index contributed by atoms with van der Waals surface area (Å²) in [5.74, 6) is -0.278. The van der Waals surface area contributed by atoms with Crippen LogP contribution >= 0.6 is 23.2 Å². The Labute approximate surface area is 292 Å². The van der Waals surface area contributed by atoms with Gasteiger partial charge in [0.05, 0.1) is 22.7 Å². The van der Waals surface area contributed by atoms with Gasteiger partial charge in [-0.15, -0.1) is 0 Å². The lowest BCUT2D eigenvalue weighted by molar-refractivity contribution is -0.140. The van der Waals surface area contributed by atoms with Gasteiger partial charge in [0.2, 0.25) is 11.8 Å². The number of anilines is 1. The third-order valence-electron chi connectivity index (χ3n) is 8.50. The summed E-state index contributed by atoms with van der Waals surface area (Å²) >= 11 is 12.8. The molecular formula is C37H39Cl2N3O5S. The van der Waals surface area contributed by atoms with Gasteiger partial charge in [0.15, 0.2) is 0 Å². The molecule has 1 aliphatic carbocycles. The van der Waals surface area contributed by atoms with Crippen LogP contribution in [0.25, 0.3) is 0 Å². The summed E-state index contributed by atoms with van der Waals surface area (Å²) in [6.45, 7) is -0.594. The van der Waals surface area contributed by atoms with Crippen LogP contribution in [0, 0.1) is 0 Å². The number of carbonyl (C=O) groups excluding carboxylic acids is 2. The molecule has 11 heteroatoms. The molecule has 1 N–H and O–H groups in total. The minimum absolute atomic E-state index is 0.00104. The van der Waals surface area contributed by atoms with E-state index in [-0.39, 0.29) is 40.5 Å². The van der Waals surface area contributed by atoms with E-state index in [9.17, 15) is 18.0 Å². The number of sulfonamides is 1. The molecule has 0 radical (unpaired) electrons. The smallest absolute Gasteiger partial charge is 0.264 e. The van der Waals surface area contributed by atoms with Gasteiger partial charge in [-0.1, -0.05) is 103 Å². The molecule has 1 fully saturated rings. The van der Waals surface area contributed by atoms with E-state index in [0.717, 1.165) is 42.0 Å². The standard InChI is InChI=1S/C37H39Cl2N3O5S/c1-47-31-17-11-14-28(22-31)25-41(35(23-27-12-5-2-6-13-27)37(44)40-30-15-7-3-8-16-30)36(43)26-42(34-21-20-29(38)24-33(34)39)48(45,46)32-18-9-4-10-19-32/h2,4-6,9-14,17-22,24,30,35H,3,7-8,15-16,23,25-26H2,1H3,(H,40,44)/t35-/m1/s1. The van der Waals surface area contributed by atoms with Gasteiger partial charge in [0.25, 0.3) is 10.0 Å². The van der Waals surface area contributed by atoms with Crippen molar-refractivity contribution in [2.75, 3.05) is 18.0 Å². The summed E-state index contributed by atoms with van der Waals surface area (Å²) in [7, 11) is -2.74. The van der Waals surface area contributed by atoms with Crippen molar-refractivity contribution >= 4 is 50.7 Å². The molecule has 252 valence electrons. The van der Waals surface area contributed by atoms with Crippen molar-refractivity contribution in [2.45, 2.75) is 62.0 Å². The summed E-state index contributed by atoms with van der Waals surface area (Å²) in [5, 5.41) is 3.59. The van der Waals surface area contributed by atoms with Gasteiger partial charge in [0, 0.05) is 24.0 Å². The number of carbonyl (C=O) groups is 2. The molecule has 5 rings (SSSR count). The summed E-state index contributed by atoms with van der Waals surface area (Å²) in [5.41, 5.74) is 1.67. The monoisotopic (exact) mass is 707 g/mol. The van der Waals surface area contributed by atoms with Crippen LogP contribution < -0.4 is 14.4 Å². The van der Waals surface area contributed by atoms with Crippen molar-refractivity contribution in [3.63, 3.8) is 0 Å². The number of hydrogen-bond acceptors (Lipinski definition) is 5. The maximum atomic E-state index is 14.7. The molecule has 4 aromatic rings. The van der Waals surface area contributed by atoms with Crippen LogP contribution in [-0.4, -0.2) is 50.9 Å². The maximum Gasteiger partial charge on any atom is 0.264 e. The summed E-state index contributed by atoms with van der Waals surface area (Å²) in [6, 6.07) is 28.0. The fourth-order valence-corrected chi connectivity index (χ4v) is 8.00. The van der Waals surface area contributed by atoms with E-state index in [1.54, 1.807) is 37.4 Å². The number of nitrogens with zero attached hydrogens (tertiary/aromatic N) is 2. The highest BCUT2D eigenvalue weighted by Gasteiger charge is 2.36. The van der Waals surface area contributed by atoms with Gasteiger partial charge < -0.3 is 15.0 Å². The zero-order chi connectivity index (χ0) is 34.1. The minimum Gasteiger partial charge on any atom is -0.497 e. The predicted molar refractivity (Wildman–Crippen MR) is 190 cm³/mol. The number of hydrogen-bond donors (Lipinski definition) is 1. The van der Waals surface area contributed by atoms with E-state index in [0.29, 0.717) is 16.3 Å². The maximum absolute atomic E-state index is 14.7. The molecule has 1 atom stereocenters. The molecule has 1 saturated carbocycles. The van der Waals surface area contributed by atoms with Crippen LogP contribution in [0.15, 0.2) is 108 Å². The number of nitrogens with one attached hydrogen (secondary N) is 1. The third-order valence-corrected chi connectivity index (χ3v) is 10.8. The van der Waals surface area contributed by atoms with E-state index >= 15 is 0 Å². The van der Waals surface area contributed by atoms with Crippen LogP contribution in [0.1, 0.15) is 43.2 Å². The van der Waals surface area contributed by atoms with Gasteiger partial charge in [-0.3, -0.25) is 13.9 Å². The van der Waals surface area contributed by atoms with E-state index in [1.165, 1.54) is 35.2 Å². The molecule has 48 heavy (non-hydrogen) atoms. The molecule has 0 aromatic heterocycles. The Hall–Kier alpha value is -4.05. The Morgan fingerprint density at radius 3 is 2.19 bits per heavy atom. The lowest BCUT2D eigenvalue weighted by Crippen LogP contribution is -2.55. The van der Waals surface area contributed by atoms with Crippen LogP contribution in [-0.2, 0) is 32.6 Å². The molecule has 4 aromatic carbocycles. The second-order valence-electron chi connectivity index (χ2n) is 11.8. The molecule has 0 aliphatic heterocycles. The van der Waals surface area contributed by atoms with E-state index in [1.807, 2.05) is 42.5 Å². The van der Waals surface area contributed by atoms with Crippen LogP contribution in [0.5, 0.6) is 5.75 Å². The third kappa shape index (κ3) is 8.89. The Balaban J connectivity index is 1.58. The number of ether oxygens (including phenoxy) is 1. The quantitative estimate of drug-likeness (QED) is 0.158. The number of methoxy groups -OCH3 is 1. The van der Waals surface area contributed by atoms with Crippen molar-refractivity contribution < 1.29 is 22.7 Å². The van der Waals surface area contributed by atoms with Crippen molar-refractivity contribution in [3.05, 3.63) is 124 Å². The van der Waals surface area contributed by atoms with Gasteiger partial charge in [-0.25, -0.2) is 8.42 Å². The molecule has 0 saturated heterocycles. The normalized spacial score (nSPS) is 14.1. The molecule has 0 spiro atoms. The molecule has 1 aliphatic rings. The Bertz CT molecular complexity index is 1800. The average Bonchev–Trinajstić information content (AvgIpc) is 3.10. The predicted octanol–water partition coefficient (Wildman–Crippen LogP) is 7.29. The van der Waals surface area contributed by atoms with Crippen LogP contribution in [0.3, 0.4) is 0 Å². The van der Waals surface area contributed by atoms with Crippen molar-refractivity contribution in [2.24, 2.45) is 0 Å². The summed E-state index contributed by atoms with van der Waals surface area (Å²) < 4.78 is 34.8. The first-order valence-electron chi connectivity index (χ1n) is 16.0. The average molecular weight is 709 g/mol. The largest absolute Gasteiger partial charge is 0.497 e. The fraction of sp³-hybridized carbons (Fsp3) is 0.297. The summed E-state index contributed by atoms with van der Waals surface area (Å²) in [6.07, 6.45) is 5.13. The highest BCUT2D eigenvalue weighted by atomic mass is 35.5.